The second-order valence-electron chi connectivity index (χ2n) is 5.35. The van der Waals surface area contributed by atoms with Crippen molar-refractivity contribution in [3.8, 4) is 0 Å². The lowest BCUT2D eigenvalue weighted by atomic mass is 10.3. The molecule has 0 atom stereocenters. The van der Waals surface area contributed by atoms with Crippen LogP contribution in [0.15, 0.2) is 29.6 Å². The summed E-state index contributed by atoms with van der Waals surface area (Å²) in [7, 11) is 0. The molecule has 122 valence electrons. The van der Waals surface area contributed by atoms with Gasteiger partial charge in [-0.25, -0.2) is 9.37 Å². The van der Waals surface area contributed by atoms with Gasteiger partial charge in [0.05, 0.1) is 31.9 Å². The summed E-state index contributed by atoms with van der Waals surface area (Å²) in [6.45, 7) is 4.16. The summed E-state index contributed by atoms with van der Waals surface area (Å²) in [4.78, 5) is 18.8. The molecule has 2 aromatic rings. The van der Waals surface area contributed by atoms with Crippen molar-refractivity contribution in [1.29, 1.82) is 0 Å². The van der Waals surface area contributed by atoms with Gasteiger partial charge < -0.3 is 10.1 Å². The summed E-state index contributed by atoms with van der Waals surface area (Å²) >= 11 is 1.57. The van der Waals surface area contributed by atoms with E-state index in [1.807, 2.05) is 5.38 Å². The van der Waals surface area contributed by atoms with Crippen molar-refractivity contribution in [3.63, 3.8) is 0 Å². The summed E-state index contributed by atoms with van der Waals surface area (Å²) in [5, 5.41) is 5.67. The molecular formula is C16H18FN3O2S. The van der Waals surface area contributed by atoms with Gasteiger partial charge in [-0.05, 0) is 24.3 Å². The van der Waals surface area contributed by atoms with Crippen LogP contribution in [0.2, 0.25) is 0 Å². The molecule has 1 N–H and O–H groups in total. The summed E-state index contributed by atoms with van der Waals surface area (Å²) in [6, 6.07) is 5.72. The van der Waals surface area contributed by atoms with Crippen molar-refractivity contribution in [2.45, 2.75) is 13.0 Å². The van der Waals surface area contributed by atoms with E-state index in [0.29, 0.717) is 5.69 Å². The Morgan fingerprint density at radius 3 is 2.78 bits per heavy atom. The van der Waals surface area contributed by atoms with Crippen LogP contribution in [0.25, 0.3) is 0 Å². The predicted molar refractivity (Wildman–Crippen MR) is 86.9 cm³/mol. The molecule has 0 aliphatic carbocycles. The number of rotatable bonds is 5. The van der Waals surface area contributed by atoms with Crippen LogP contribution in [-0.2, 0) is 22.5 Å². The maximum absolute atomic E-state index is 12.8. The third kappa shape index (κ3) is 4.82. The molecule has 3 rings (SSSR count). The minimum absolute atomic E-state index is 0.153. The number of carbonyl (C=O) groups excluding carboxylic acids is 1. The fourth-order valence-corrected chi connectivity index (χ4v) is 3.19. The van der Waals surface area contributed by atoms with Crippen molar-refractivity contribution >= 4 is 22.9 Å². The van der Waals surface area contributed by atoms with Crippen molar-refractivity contribution < 1.29 is 13.9 Å². The van der Waals surface area contributed by atoms with Gasteiger partial charge in [0.2, 0.25) is 5.91 Å². The minimum atomic E-state index is -0.324. The van der Waals surface area contributed by atoms with Crippen molar-refractivity contribution in [3.05, 3.63) is 46.2 Å². The van der Waals surface area contributed by atoms with Gasteiger partial charge in [0, 0.05) is 24.2 Å². The molecule has 0 radical (unpaired) electrons. The lowest BCUT2D eigenvalue weighted by Gasteiger charge is -2.25. The Morgan fingerprint density at radius 2 is 2.04 bits per heavy atom. The summed E-state index contributed by atoms with van der Waals surface area (Å²) < 4.78 is 18.2. The fourth-order valence-electron chi connectivity index (χ4n) is 2.36. The number of hydrogen-bond donors (Lipinski definition) is 1. The van der Waals surface area contributed by atoms with Crippen molar-refractivity contribution in [1.82, 2.24) is 9.88 Å². The van der Waals surface area contributed by atoms with Gasteiger partial charge in [-0.1, -0.05) is 0 Å². The smallest absolute Gasteiger partial charge is 0.230 e. The van der Waals surface area contributed by atoms with E-state index in [9.17, 15) is 9.18 Å². The molecule has 5 nitrogen and oxygen atoms in total. The second kappa shape index (κ2) is 7.63. The summed E-state index contributed by atoms with van der Waals surface area (Å²) in [5.41, 5.74) is 1.35. The highest BCUT2D eigenvalue weighted by Crippen LogP contribution is 2.15. The van der Waals surface area contributed by atoms with Crippen molar-refractivity contribution in [2.75, 3.05) is 31.6 Å². The monoisotopic (exact) mass is 335 g/mol. The average molecular weight is 335 g/mol. The van der Waals surface area contributed by atoms with Crippen molar-refractivity contribution in [2.24, 2.45) is 0 Å². The third-order valence-electron chi connectivity index (χ3n) is 3.53. The maximum Gasteiger partial charge on any atom is 0.230 e. The predicted octanol–water partition coefficient (Wildman–Crippen LogP) is 2.30. The lowest BCUT2D eigenvalue weighted by molar-refractivity contribution is -0.115. The molecule has 0 saturated carbocycles. The largest absolute Gasteiger partial charge is 0.379 e. The van der Waals surface area contributed by atoms with Crippen LogP contribution >= 0.6 is 11.3 Å². The van der Waals surface area contributed by atoms with Gasteiger partial charge in [0.25, 0.3) is 0 Å². The van der Waals surface area contributed by atoms with E-state index in [2.05, 4.69) is 15.2 Å². The number of nitrogens with zero attached hydrogens (tertiary/aromatic N) is 2. The summed E-state index contributed by atoms with van der Waals surface area (Å²) in [6.07, 6.45) is 0.219. The Labute approximate surface area is 138 Å². The molecule has 0 unspecified atom stereocenters. The average Bonchev–Trinajstić information content (AvgIpc) is 2.97. The highest BCUT2D eigenvalue weighted by Gasteiger charge is 2.14. The van der Waals surface area contributed by atoms with E-state index in [1.54, 1.807) is 11.3 Å². The number of anilines is 1. The molecule has 1 saturated heterocycles. The number of aromatic nitrogens is 1. The number of hydrogen-bond acceptors (Lipinski definition) is 5. The Morgan fingerprint density at radius 1 is 1.30 bits per heavy atom. The van der Waals surface area contributed by atoms with E-state index >= 15 is 0 Å². The van der Waals surface area contributed by atoms with Crippen LogP contribution in [-0.4, -0.2) is 42.1 Å². The zero-order valence-corrected chi connectivity index (χ0v) is 13.4. The number of nitrogens with one attached hydrogen (secondary N) is 1. The number of ether oxygens (including phenoxy) is 1. The van der Waals surface area contributed by atoms with Crippen LogP contribution in [0.1, 0.15) is 10.7 Å². The molecule has 1 amide bonds. The molecule has 23 heavy (non-hydrogen) atoms. The Bertz CT molecular complexity index is 654. The van der Waals surface area contributed by atoms with Crippen LogP contribution < -0.4 is 5.32 Å². The van der Waals surface area contributed by atoms with Gasteiger partial charge in [-0.3, -0.25) is 9.69 Å². The number of halogens is 1. The first kappa shape index (κ1) is 16.0. The molecule has 1 fully saturated rings. The maximum atomic E-state index is 12.8. The number of thiazole rings is 1. The molecule has 0 spiro atoms. The molecule has 7 heteroatoms. The zero-order valence-electron chi connectivity index (χ0n) is 12.6. The number of amides is 1. The molecular weight excluding hydrogens is 317 g/mol. The molecule has 2 heterocycles. The standard InChI is InChI=1S/C16H18FN3O2S/c17-12-1-3-13(4-2-12)18-15(21)9-14-11-23-16(19-14)10-20-5-7-22-8-6-20/h1-4,11H,5-10H2,(H,18,21). The topological polar surface area (TPSA) is 54.5 Å². The summed E-state index contributed by atoms with van der Waals surface area (Å²) in [5.74, 6) is -0.477. The van der Waals surface area contributed by atoms with E-state index < -0.39 is 0 Å². The Kier molecular flexibility index (Phi) is 5.32. The third-order valence-corrected chi connectivity index (χ3v) is 4.41. The lowest BCUT2D eigenvalue weighted by Crippen LogP contribution is -2.35. The highest BCUT2D eigenvalue weighted by molar-refractivity contribution is 7.09. The minimum Gasteiger partial charge on any atom is -0.379 e. The van der Waals surface area contributed by atoms with Gasteiger partial charge in [-0.2, -0.15) is 0 Å². The van der Waals surface area contributed by atoms with Crippen LogP contribution in [0.5, 0.6) is 0 Å². The van der Waals surface area contributed by atoms with E-state index in [1.165, 1.54) is 24.3 Å². The Balaban J connectivity index is 1.51. The number of morpholine rings is 1. The molecule has 1 aliphatic rings. The molecule has 1 aromatic carbocycles. The molecule has 0 bridgehead atoms. The van der Waals surface area contributed by atoms with Gasteiger partial charge in [0.15, 0.2) is 0 Å². The fraction of sp³-hybridized carbons (Fsp3) is 0.375. The van der Waals surface area contributed by atoms with Crippen LogP contribution in [0, 0.1) is 5.82 Å². The highest BCUT2D eigenvalue weighted by atomic mass is 32.1. The SMILES string of the molecule is O=C(Cc1csc(CN2CCOCC2)n1)Nc1ccc(F)cc1. The molecule has 1 aliphatic heterocycles. The van der Waals surface area contributed by atoms with E-state index in [-0.39, 0.29) is 18.1 Å². The van der Waals surface area contributed by atoms with Crippen LogP contribution in [0.3, 0.4) is 0 Å². The number of carbonyl (C=O) groups is 1. The van der Waals surface area contributed by atoms with Crippen LogP contribution in [0.4, 0.5) is 10.1 Å². The van der Waals surface area contributed by atoms with Gasteiger partial charge >= 0.3 is 0 Å². The molecule has 1 aromatic heterocycles. The Hall–Kier alpha value is -1.83. The van der Waals surface area contributed by atoms with Gasteiger partial charge in [-0.15, -0.1) is 11.3 Å². The normalized spacial score (nSPS) is 15.5. The van der Waals surface area contributed by atoms with E-state index in [0.717, 1.165) is 43.5 Å². The quantitative estimate of drug-likeness (QED) is 0.911. The second-order valence-corrected chi connectivity index (χ2v) is 6.30. The van der Waals surface area contributed by atoms with E-state index in [4.69, 9.17) is 4.74 Å². The first-order valence-corrected chi connectivity index (χ1v) is 8.36. The van der Waals surface area contributed by atoms with Gasteiger partial charge in [0.1, 0.15) is 10.8 Å². The zero-order chi connectivity index (χ0) is 16.1. The number of benzene rings is 1. The first-order valence-electron chi connectivity index (χ1n) is 7.48. The first-order chi connectivity index (χ1) is 11.2.